The fourth-order valence-corrected chi connectivity index (χ4v) is 2.33. The van der Waals surface area contributed by atoms with E-state index in [1.807, 2.05) is 48.6 Å². The van der Waals surface area contributed by atoms with Crippen LogP contribution in [-0.4, -0.2) is 32.6 Å². The van der Waals surface area contributed by atoms with E-state index in [9.17, 15) is 0 Å². The van der Waals surface area contributed by atoms with Crippen molar-refractivity contribution >= 4 is 0 Å². The van der Waals surface area contributed by atoms with Gasteiger partial charge in [0.2, 0.25) is 0 Å². The van der Waals surface area contributed by atoms with Crippen LogP contribution < -0.4 is 0 Å². The average molecular weight is 349 g/mol. The van der Waals surface area contributed by atoms with E-state index in [4.69, 9.17) is 4.74 Å². The summed E-state index contributed by atoms with van der Waals surface area (Å²) in [5.74, 6) is 0. The van der Waals surface area contributed by atoms with Crippen LogP contribution in [0.3, 0.4) is 0 Å². The van der Waals surface area contributed by atoms with Crippen LogP contribution in [0.15, 0.2) is 89.6 Å². The molecule has 0 heterocycles. The van der Waals surface area contributed by atoms with Gasteiger partial charge in [-0.05, 0) is 25.8 Å². The number of likely N-dealkylation sites (N-methyl/N-ethyl adjacent to an activating group) is 1. The number of ether oxygens (including phenoxy) is 1. The predicted octanol–water partition coefficient (Wildman–Crippen LogP) is 4.05. The molecule has 1 aromatic carbocycles. The van der Waals surface area contributed by atoms with Gasteiger partial charge >= 0.3 is 17.1 Å². The predicted molar refractivity (Wildman–Crippen MR) is 93.4 cm³/mol. The largest absolute Gasteiger partial charge is 2.00 e. The molecule has 0 atom stereocenters. The van der Waals surface area contributed by atoms with Crippen LogP contribution in [0.4, 0.5) is 0 Å². The standard InChI is InChI=1S/C15H18NO.C5H5.Fe/c1-16(2)11-12-8-9-13(10-12)14-6-4-5-7-15(14)17-3;1-2-4-5-3-1;/h4-10H,11H2,1-3H3;1-5H;/q2*-1;+2/b14-13-;;. The summed E-state index contributed by atoms with van der Waals surface area (Å²) in [5, 5.41) is 0. The maximum atomic E-state index is 5.38. The Labute approximate surface area is 150 Å². The zero-order valence-corrected chi connectivity index (χ0v) is 14.9. The van der Waals surface area contributed by atoms with Crippen LogP contribution in [-0.2, 0) is 21.8 Å². The summed E-state index contributed by atoms with van der Waals surface area (Å²) in [4.78, 5) is 2.17. The second kappa shape index (κ2) is 10.2. The Morgan fingerprint density at radius 1 is 1.09 bits per heavy atom. The third-order valence-electron chi connectivity index (χ3n) is 3.29. The molecule has 23 heavy (non-hydrogen) atoms. The van der Waals surface area contributed by atoms with Gasteiger partial charge in [0.25, 0.3) is 0 Å². The van der Waals surface area contributed by atoms with Crippen molar-refractivity contribution in [1.29, 1.82) is 0 Å². The van der Waals surface area contributed by atoms with Gasteiger partial charge in [-0.2, -0.15) is 18.2 Å². The van der Waals surface area contributed by atoms with Crippen LogP contribution >= 0.6 is 0 Å². The third-order valence-corrected chi connectivity index (χ3v) is 3.29. The molecule has 2 aliphatic carbocycles. The van der Waals surface area contributed by atoms with E-state index in [1.165, 1.54) is 11.1 Å². The van der Waals surface area contributed by atoms with Crippen molar-refractivity contribution in [2.75, 3.05) is 27.7 Å². The van der Waals surface area contributed by atoms with E-state index in [2.05, 4.69) is 43.3 Å². The first-order valence-electron chi connectivity index (χ1n) is 7.41. The molecule has 1 aromatic rings. The van der Waals surface area contributed by atoms with Crippen LogP contribution in [0, 0.1) is 6.10 Å². The minimum Gasteiger partial charge on any atom is -0.395 e. The van der Waals surface area contributed by atoms with Gasteiger partial charge in [0.1, 0.15) is 0 Å². The van der Waals surface area contributed by atoms with Crippen LogP contribution in [0.2, 0.25) is 0 Å². The molecule has 2 aliphatic rings. The summed E-state index contributed by atoms with van der Waals surface area (Å²) in [6.07, 6.45) is 15.6. The molecule has 0 unspecified atom stereocenters. The Kier molecular flexibility index (Phi) is 8.60. The van der Waals surface area contributed by atoms with Crippen molar-refractivity contribution in [3.8, 4) is 0 Å². The van der Waals surface area contributed by atoms with Gasteiger partial charge in [-0.15, -0.1) is 29.9 Å². The molecular formula is C20H23FeNO. The van der Waals surface area contributed by atoms with Gasteiger partial charge in [0, 0.05) is 13.7 Å². The van der Waals surface area contributed by atoms with Gasteiger partial charge in [-0.25, -0.2) is 12.1 Å². The Hall–Kier alpha value is -1.64. The molecule has 0 amide bonds. The van der Waals surface area contributed by atoms with Crippen LogP contribution in [0.25, 0.3) is 0 Å². The summed E-state index contributed by atoms with van der Waals surface area (Å²) >= 11 is 0. The van der Waals surface area contributed by atoms with E-state index in [0.29, 0.717) is 0 Å². The zero-order valence-electron chi connectivity index (χ0n) is 13.8. The normalized spacial score (nSPS) is 18.6. The summed E-state index contributed by atoms with van der Waals surface area (Å²) in [5.41, 5.74) is 3.70. The minimum atomic E-state index is 0. The van der Waals surface area contributed by atoms with Gasteiger partial charge in [0.15, 0.2) is 0 Å². The Morgan fingerprint density at radius 2 is 1.83 bits per heavy atom. The maximum Gasteiger partial charge on any atom is 2.00 e. The van der Waals surface area contributed by atoms with E-state index < -0.39 is 0 Å². The van der Waals surface area contributed by atoms with Gasteiger partial charge < -0.3 is 9.64 Å². The Balaban J connectivity index is 0.000000377. The van der Waals surface area contributed by atoms with Gasteiger partial charge in [-0.1, -0.05) is 23.8 Å². The smallest absolute Gasteiger partial charge is 0.395 e. The van der Waals surface area contributed by atoms with Crippen molar-refractivity contribution < 1.29 is 21.8 Å². The van der Waals surface area contributed by atoms with E-state index in [-0.39, 0.29) is 17.1 Å². The second-order valence-corrected chi connectivity index (χ2v) is 5.41. The fraction of sp³-hybridized carbons (Fsp3) is 0.200. The third kappa shape index (κ3) is 6.17. The molecule has 3 heteroatoms. The Morgan fingerprint density at radius 3 is 2.39 bits per heavy atom. The molecule has 0 saturated carbocycles. The van der Waals surface area contributed by atoms with E-state index in [1.54, 1.807) is 7.11 Å². The zero-order chi connectivity index (χ0) is 15.8. The van der Waals surface area contributed by atoms with Gasteiger partial charge in [0.05, 0.1) is 0 Å². The molecule has 122 valence electrons. The second-order valence-electron chi connectivity index (χ2n) is 5.41. The fourth-order valence-electron chi connectivity index (χ4n) is 2.33. The number of rotatable bonds is 3. The molecule has 0 saturated heterocycles. The summed E-state index contributed by atoms with van der Waals surface area (Å²) < 4.78 is 5.38. The number of methoxy groups -OCH3 is 1. The molecular weight excluding hydrogens is 326 g/mol. The van der Waals surface area contributed by atoms with Crippen molar-refractivity contribution in [2.45, 2.75) is 0 Å². The van der Waals surface area contributed by atoms with Gasteiger partial charge in [-0.3, -0.25) is 0 Å². The molecule has 0 aromatic heterocycles. The quantitative estimate of drug-likeness (QED) is 0.603. The van der Waals surface area contributed by atoms with Crippen molar-refractivity contribution in [3.63, 3.8) is 0 Å². The number of allylic oxidation sites excluding steroid dienone is 5. The van der Waals surface area contributed by atoms with Crippen molar-refractivity contribution in [1.82, 2.24) is 4.90 Å². The number of hydrogen-bond acceptors (Lipinski definition) is 2. The van der Waals surface area contributed by atoms with Crippen molar-refractivity contribution in [3.05, 3.63) is 95.7 Å². The maximum absolute atomic E-state index is 5.38. The monoisotopic (exact) mass is 349 g/mol. The molecule has 0 radical (unpaired) electrons. The molecule has 0 fully saturated rings. The molecule has 2 nitrogen and oxygen atoms in total. The Bertz CT molecular complexity index is 586. The number of nitrogens with zero attached hydrogens (tertiary/aromatic N) is 1. The minimum absolute atomic E-state index is 0. The van der Waals surface area contributed by atoms with Crippen molar-refractivity contribution in [2.24, 2.45) is 0 Å². The van der Waals surface area contributed by atoms with E-state index in [0.717, 1.165) is 18.2 Å². The first kappa shape index (κ1) is 19.4. The molecule has 3 rings (SSSR count). The molecule has 0 spiro atoms. The van der Waals surface area contributed by atoms with E-state index >= 15 is 0 Å². The first-order chi connectivity index (χ1) is 10.7. The summed E-state index contributed by atoms with van der Waals surface area (Å²) in [6, 6.07) is 10.0. The average Bonchev–Trinajstić information content (AvgIpc) is 3.21. The number of hydrogen-bond donors (Lipinski definition) is 0. The van der Waals surface area contributed by atoms with Crippen LogP contribution in [0.5, 0.6) is 0 Å². The summed E-state index contributed by atoms with van der Waals surface area (Å²) in [6.45, 7) is 0.967. The SMILES string of the molecule is CO[C-]1C=CC=C/C1=C1\C=CC(CN(C)C)=C1.[Fe+2].c1cc[cH-]c1. The topological polar surface area (TPSA) is 12.5 Å². The molecule has 0 bridgehead atoms. The summed E-state index contributed by atoms with van der Waals surface area (Å²) in [7, 11) is 5.87. The van der Waals surface area contributed by atoms with Crippen LogP contribution in [0.1, 0.15) is 0 Å². The molecule has 0 aliphatic heterocycles. The first-order valence-corrected chi connectivity index (χ1v) is 7.41. The molecule has 0 N–H and O–H groups in total.